The van der Waals surface area contributed by atoms with Gasteiger partial charge >= 0.3 is 0 Å². The molecule has 0 aromatic heterocycles. The number of anilines is 1. The summed E-state index contributed by atoms with van der Waals surface area (Å²) in [4.78, 5) is 13.0. The number of carbonyl (C=O) groups excluding carboxylic acids is 1. The maximum atomic E-state index is 12.8. The summed E-state index contributed by atoms with van der Waals surface area (Å²) in [5.41, 5.74) is 0.920. The number of hydrogen-bond donors (Lipinski definition) is 3. The van der Waals surface area contributed by atoms with E-state index in [1.165, 1.54) is 12.1 Å². The molecule has 7 nitrogen and oxygen atoms in total. The third-order valence-electron chi connectivity index (χ3n) is 4.63. The average molecular weight is 557 g/mol. The Labute approximate surface area is 209 Å². The molecule has 0 unspecified atom stereocenters. The molecule has 33 heavy (non-hydrogen) atoms. The van der Waals surface area contributed by atoms with Crippen LogP contribution in [0.25, 0.3) is 0 Å². The molecular weight excluding hydrogens is 526 g/mol. The number of halogens is 1. The Morgan fingerprint density at radius 2 is 1.76 bits per heavy atom. The van der Waals surface area contributed by atoms with Gasteiger partial charge in [0.2, 0.25) is 10.0 Å². The monoisotopic (exact) mass is 555 g/mol. The fourth-order valence-electron chi connectivity index (χ4n) is 2.89. The third kappa shape index (κ3) is 9.04. The zero-order valence-corrected chi connectivity index (χ0v) is 22.0. The number of rotatable bonds is 12. The van der Waals surface area contributed by atoms with Crippen LogP contribution in [0, 0.1) is 0 Å². The van der Waals surface area contributed by atoms with Crippen LogP contribution in [-0.4, -0.2) is 32.6 Å². The smallest absolute Gasteiger partial charge is 0.261 e. The number of nitrogens with one attached hydrogen (secondary N) is 3. The third-order valence-corrected chi connectivity index (χ3v) is 6.81. The lowest BCUT2D eigenvalue weighted by atomic mass is 10.2. The standard InChI is InChI=1S/C23H30BrN3O4S2/c1-3-5-6-7-15-31-21-13-8-17(24)16-20(21)22(28)27-23(32)26-18-9-11-19(12-10-18)33(29,30)25-14-4-2/h8-13,16,25H,3-7,14-15H2,1-2H3,(H2,26,27,28,32). The van der Waals surface area contributed by atoms with Crippen LogP contribution in [0.5, 0.6) is 5.75 Å². The van der Waals surface area contributed by atoms with E-state index < -0.39 is 15.9 Å². The summed E-state index contributed by atoms with van der Waals surface area (Å²) in [6.45, 7) is 4.95. The maximum absolute atomic E-state index is 12.8. The number of amides is 1. The van der Waals surface area contributed by atoms with Crippen molar-refractivity contribution in [3.05, 3.63) is 52.5 Å². The normalized spacial score (nSPS) is 11.1. The summed E-state index contributed by atoms with van der Waals surface area (Å²) in [5, 5.41) is 5.63. The van der Waals surface area contributed by atoms with E-state index in [0.717, 1.165) is 30.2 Å². The van der Waals surface area contributed by atoms with E-state index in [4.69, 9.17) is 17.0 Å². The summed E-state index contributed by atoms with van der Waals surface area (Å²) >= 11 is 8.65. The van der Waals surface area contributed by atoms with Crippen LogP contribution in [0.1, 0.15) is 56.3 Å². The minimum absolute atomic E-state index is 0.0913. The van der Waals surface area contributed by atoms with Gasteiger partial charge in [-0.05, 0) is 67.5 Å². The van der Waals surface area contributed by atoms with Crippen LogP contribution >= 0.6 is 28.1 Å². The van der Waals surface area contributed by atoms with Crippen LogP contribution in [0.4, 0.5) is 5.69 Å². The Bertz CT molecular complexity index is 1040. The van der Waals surface area contributed by atoms with Gasteiger partial charge < -0.3 is 10.1 Å². The van der Waals surface area contributed by atoms with E-state index in [1.807, 2.05) is 13.0 Å². The molecule has 0 heterocycles. The van der Waals surface area contributed by atoms with E-state index >= 15 is 0 Å². The highest BCUT2D eigenvalue weighted by atomic mass is 79.9. The van der Waals surface area contributed by atoms with Gasteiger partial charge in [-0.25, -0.2) is 13.1 Å². The lowest BCUT2D eigenvalue weighted by molar-refractivity contribution is 0.0973. The first-order valence-corrected chi connectivity index (χ1v) is 13.6. The van der Waals surface area contributed by atoms with E-state index in [2.05, 4.69) is 38.2 Å². The number of benzene rings is 2. The van der Waals surface area contributed by atoms with Crippen LogP contribution in [-0.2, 0) is 10.0 Å². The molecule has 0 fully saturated rings. The molecule has 0 radical (unpaired) electrons. The molecule has 2 rings (SSSR count). The first-order chi connectivity index (χ1) is 15.8. The number of ether oxygens (including phenoxy) is 1. The van der Waals surface area contributed by atoms with Crippen molar-refractivity contribution in [2.24, 2.45) is 0 Å². The molecule has 0 atom stereocenters. The number of sulfonamides is 1. The highest BCUT2D eigenvalue weighted by Crippen LogP contribution is 2.24. The fraction of sp³-hybridized carbons (Fsp3) is 0.391. The minimum atomic E-state index is -3.54. The summed E-state index contributed by atoms with van der Waals surface area (Å²) in [7, 11) is -3.54. The van der Waals surface area contributed by atoms with Gasteiger partial charge in [0, 0.05) is 16.7 Å². The second kappa shape index (κ2) is 13.6. The maximum Gasteiger partial charge on any atom is 0.261 e. The van der Waals surface area contributed by atoms with Crippen molar-refractivity contribution >= 4 is 54.9 Å². The second-order valence-corrected chi connectivity index (χ2v) is 10.5. The molecule has 10 heteroatoms. The summed E-state index contributed by atoms with van der Waals surface area (Å²) in [5.74, 6) is 0.0875. The fourth-order valence-corrected chi connectivity index (χ4v) is 4.59. The highest BCUT2D eigenvalue weighted by Gasteiger charge is 2.16. The SMILES string of the molecule is CCCCCCOc1ccc(Br)cc1C(=O)NC(=S)Nc1ccc(S(=O)(=O)NCCC)cc1. The Hall–Kier alpha value is -2.01. The van der Waals surface area contributed by atoms with Crippen molar-refractivity contribution in [3.8, 4) is 5.75 Å². The van der Waals surface area contributed by atoms with E-state index in [9.17, 15) is 13.2 Å². The van der Waals surface area contributed by atoms with Crippen molar-refractivity contribution in [1.82, 2.24) is 10.0 Å². The van der Waals surface area contributed by atoms with Gasteiger partial charge in [0.15, 0.2) is 5.11 Å². The molecular formula is C23H30BrN3O4S2. The first kappa shape index (κ1) is 27.2. The van der Waals surface area contributed by atoms with Gasteiger partial charge in [-0.3, -0.25) is 10.1 Å². The molecule has 0 aliphatic rings. The van der Waals surface area contributed by atoms with Crippen LogP contribution in [0.15, 0.2) is 51.8 Å². The van der Waals surface area contributed by atoms with Crippen molar-refractivity contribution in [2.45, 2.75) is 50.8 Å². The Balaban J connectivity index is 1.99. The second-order valence-electron chi connectivity index (χ2n) is 7.38. The zero-order valence-electron chi connectivity index (χ0n) is 18.8. The number of unbranched alkanes of at least 4 members (excludes halogenated alkanes) is 3. The number of carbonyl (C=O) groups is 1. The molecule has 180 valence electrons. The first-order valence-electron chi connectivity index (χ1n) is 10.9. The quantitative estimate of drug-likeness (QED) is 0.245. The molecule has 1 amide bonds. The predicted octanol–water partition coefficient (Wildman–Crippen LogP) is 5.22. The van der Waals surface area contributed by atoms with Crippen molar-refractivity contribution in [2.75, 3.05) is 18.5 Å². The molecule has 0 saturated heterocycles. The van der Waals surface area contributed by atoms with Crippen molar-refractivity contribution in [1.29, 1.82) is 0 Å². The van der Waals surface area contributed by atoms with Crippen molar-refractivity contribution in [3.63, 3.8) is 0 Å². The molecule has 2 aromatic carbocycles. The molecule has 3 N–H and O–H groups in total. The van der Waals surface area contributed by atoms with E-state index in [1.54, 1.807) is 24.3 Å². The van der Waals surface area contributed by atoms with E-state index in [0.29, 0.717) is 36.6 Å². The molecule has 0 bridgehead atoms. The lowest BCUT2D eigenvalue weighted by Gasteiger charge is -2.14. The van der Waals surface area contributed by atoms with Gasteiger partial charge in [0.1, 0.15) is 5.75 Å². The topological polar surface area (TPSA) is 96.5 Å². The molecule has 0 saturated carbocycles. The Kier molecular flexibility index (Phi) is 11.3. The average Bonchev–Trinajstić information content (AvgIpc) is 2.78. The Morgan fingerprint density at radius 1 is 1.03 bits per heavy atom. The van der Waals surface area contributed by atoms with Gasteiger partial charge in [0.05, 0.1) is 17.1 Å². The molecule has 0 spiro atoms. The number of hydrogen-bond acceptors (Lipinski definition) is 5. The molecule has 0 aliphatic heterocycles. The minimum Gasteiger partial charge on any atom is -0.493 e. The van der Waals surface area contributed by atoms with Gasteiger partial charge in [0.25, 0.3) is 5.91 Å². The molecule has 0 aliphatic carbocycles. The lowest BCUT2D eigenvalue weighted by Crippen LogP contribution is -2.34. The predicted molar refractivity (Wildman–Crippen MR) is 139 cm³/mol. The number of thiocarbonyl (C=S) groups is 1. The van der Waals surface area contributed by atoms with Gasteiger partial charge in [-0.15, -0.1) is 0 Å². The zero-order chi connectivity index (χ0) is 24.3. The summed E-state index contributed by atoms with van der Waals surface area (Å²) < 4.78 is 33.5. The van der Waals surface area contributed by atoms with Gasteiger partial charge in [-0.2, -0.15) is 0 Å². The van der Waals surface area contributed by atoms with Crippen molar-refractivity contribution < 1.29 is 17.9 Å². The van der Waals surface area contributed by atoms with Crippen LogP contribution in [0.3, 0.4) is 0 Å². The van der Waals surface area contributed by atoms with Gasteiger partial charge in [-0.1, -0.05) is 49.0 Å². The van der Waals surface area contributed by atoms with E-state index in [-0.39, 0.29) is 10.0 Å². The molecule has 2 aromatic rings. The van der Waals surface area contributed by atoms with Crippen LogP contribution < -0.4 is 20.1 Å². The summed E-state index contributed by atoms with van der Waals surface area (Å²) in [6, 6.07) is 11.4. The largest absolute Gasteiger partial charge is 0.493 e. The summed E-state index contributed by atoms with van der Waals surface area (Å²) in [6.07, 6.45) is 5.00. The Morgan fingerprint density at radius 3 is 2.42 bits per heavy atom. The highest BCUT2D eigenvalue weighted by molar-refractivity contribution is 9.10. The van der Waals surface area contributed by atoms with Crippen LogP contribution in [0.2, 0.25) is 0 Å².